The molecule has 2 aromatic heterocycles. The molecule has 0 saturated heterocycles. The van der Waals surface area contributed by atoms with Crippen molar-refractivity contribution in [2.75, 3.05) is 17.7 Å². The van der Waals surface area contributed by atoms with Crippen LogP contribution in [0, 0.1) is 5.82 Å². The SMILES string of the molecule is COC(=O)c1cc(Cc2ccccc2)sc1NC(=S)Nc1ccn(Cc2ccccc2F)n1. The first-order chi connectivity index (χ1) is 16.0. The molecule has 0 fully saturated rings. The van der Waals surface area contributed by atoms with Crippen LogP contribution in [0.2, 0.25) is 0 Å². The zero-order chi connectivity index (χ0) is 23.2. The van der Waals surface area contributed by atoms with Gasteiger partial charge in [-0.3, -0.25) is 4.68 Å². The normalized spacial score (nSPS) is 10.6. The van der Waals surface area contributed by atoms with Gasteiger partial charge in [-0.25, -0.2) is 9.18 Å². The third-order valence-electron chi connectivity index (χ3n) is 4.81. The predicted molar refractivity (Wildman–Crippen MR) is 132 cm³/mol. The summed E-state index contributed by atoms with van der Waals surface area (Å²) in [4.78, 5) is 13.3. The van der Waals surface area contributed by atoms with Crippen molar-refractivity contribution in [1.82, 2.24) is 9.78 Å². The van der Waals surface area contributed by atoms with Crippen molar-refractivity contribution in [2.45, 2.75) is 13.0 Å². The number of nitrogens with one attached hydrogen (secondary N) is 2. The summed E-state index contributed by atoms with van der Waals surface area (Å²) in [5, 5.41) is 11.3. The van der Waals surface area contributed by atoms with Crippen molar-refractivity contribution in [2.24, 2.45) is 0 Å². The van der Waals surface area contributed by atoms with Crippen LogP contribution in [0.25, 0.3) is 0 Å². The van der Waals surface area contributed by atoms with Gasteiger partial charge >= 0.3 is 5.97 Å². The molecule has 0 unspecified atom stereocenters. The molecule has 168 valence electrons. The van der Waals surface area contributed by atoms with Gasteiger partial charge in [-0.2, -0.15) is 5.10 Å². The number of esters is 1. The van der Waals surface area contributed by atoms with E-state index < -0.39 is 5.97 Å². The minimum absolute atomic E-state index is 0.279. The van der Waals surface area contributed by atoms with E-state index in [0.29, 0.717) is 34.9 Å². The van der Waals surface area contributed by atoms with Crippen molar-refractivity contribution >= 4 is 45.5 Å². The van der Waals surface area contributed by atoms with Crippen LogP contribution in [0.4, 0.5) is 15.2 Å². The second-order valence-corrected chi connectivity index (χ2v) is 8.72. The van der Waals surface area contributed by atoms with E-state index in [-0.39, 0.29) is 10.9 Å². The average molecular weight is 481 g/mol. The number of ether oxygens (including phenoxy) is 1. The summed E-state index contributed by atoms with van der Waals surface area (Å²) in [6, 6.07) is 20.1. The molecular weight excluding hydrogens is 459 g/mol. The van der Waals surface area contributed by atoms with Gasteiger partial charge in [0, 0.05) is 29.1 Å². The number of halogens is 1. The van der Waals surface area contributed by atoms with E-state index in [9.17, 15) is 9.18 Å². The average Bonchev–Trinajstić information content (AvgIpc) is 3.42. The number of carbonyl (C=O) groups excluding carboxylic acids is 1. The summed E-state index contributed by atoms with van der Waals surface area (Å²) in [5.41, 5.74) is 2.10. The van der Waals surface area contributed by atoms with Crippen molar-refractivity contribution in [3.8, 4) is 0 Å². The van der Waals surface area contributed by atoms with Gasteiger partial charge in [0.15, 0.2) is 10.9 Å². The standard InChI is InChI=1S/C24H21FN4O2S2/c1-31-23(30)19-14-18(13-16-7-3-2-4-8-16)33-22(19)27-24(32)26-21-11-12-29(28-21)15-17-9-5-6-10-20(17)25/h2-12,14H,13,15H2,1H3,(H2,26,27,28,32). The maximum Gasteiger partial charge on any atom is 0.340 e. The number of hydrogen-bond acceptors (Lipinski definition) is 5. The highest BCUT2D eigenvalue weighted by Gasteiger charge is 2.18. The Balaban J connectivity index is 1.44. The number of thiophene rings is 1. The summed E-state index contributed by atoms with van der Waals surface area (Å²) in [5.74, 6) is -0.214. The van der Waals surface area contributed by atoms with Gasteiger partial charge in [0.1, 0.15) is 10.8 Å². The van der Waals surface area contributed by atoms with Crippen molar-refractivity contribution in [3.05, 3.63) is 100 Å². The number of methoxy groups -OCH3 is 1. The second-order valence-electron chi connectivity index (χ2n) is 7.18. The molecule has 2 aromatic carbocycles. The molecule has 4 aromatic rings. The maximum atomic E-state index is 13.9. The Morgan fingerprint density at radius 1 is 1.12 bits per heavy atom. The van der Waals surface area contributed by atoms with Crippen molar-refractivity contribution in [1.29, 1.82) is 0 Å². The second kappa shape index (κ2) is 10.4. The van der Waals surface area contributed by atoms with Crippen LogP contribution in [0.15, 0.2) is 72.9 Å². The molecule has 0 atom stereocenters. The first-order valence-corrected chi connectivity index (χ1v) is 11.3. The lowest BCUT2D eigenvalue weighted by molar-refractivity contribution is 0.0602. The van der Waals surface area contributed by atoms with Crippen LogP contribution in [-0.2, 0) is 17.7 Å². The third kappa shape index (κ3) is 5.82. The minimum Gasteiger partial charge on any atom is -0.465 e. The van der Waals surface area contributed by atoms with Crippen LogP contribution >= 0.6 is 23.6 Å². The van der Waals surface area contributed by atoms with Crippen LogP contribution in [0.1, 0.15) is 26.4 Å². The zero-order valence-corrected chi connectivity index (χ0v) is 19.4. The van der Waals surface area contributed by atoms with Gasteiger partial charge in [0.05, 0.1) is 19.2 Å². The number of thiocarbonyl (C=S) groups is 1. The number of nitrogens with zero attached hydrogens (tertiary/aromatic N) is 2. The summed E-state index contributed by atoms with van der Waals surface area (Å²) in [6.45, 7) is 0.300. The lowest BCUT2D eigenvalue weighted by Gasteiger charge is -2.08. The van der Waals surface area contributed by atoms with Gasteiger partial charge in [0.2, 0.25) is 0 Å². The fourth-order valence-electron chi connectivity index (χ4n) is 3.25. The summed E-state index contributed by atoms with van der Waals surface area (Å²) in [7, 11) is 1.35. The minimum atomic E-state index is -0.440. The molecular formula is C24H21FN4O2S2. The van der Waals surface area contributed by atoms with Gasteiger partial charge < -0.3 is 15.4 Å². The molecule has 0 saturated carbocycles. The molecule has 0 amide bonds. The Labute approximate surface area is 200 Å². The number of aromatic nitrogens is 2. The molecule has 0 spiro atoms. The molecule has 0 aliphatic rings. The first-order valence-electron chi connectivity index (χ1n) is 10.1. The number of anilines is 2. The van der Waals surface area contributed by atoms with E-state index in [2.05, 4.69) is 15.7 Å². The van der Waals surface area contributed by atoms with Gasteiger partial charge in [0.25, 0.3) is 0 Å². The van der Waals surface area contributed by atoms with E-state index in [1.165, 1.54) is 24.5 Å². The van der Waals surface area contributed by atoms with Crippen LogP contribution in [-0.4, -0.2) is 28.0 Å². The number of carbonyl (C=O) groups is 1. The fourth-order valence-corrected chi connectivity index (χ4v) is 4.60. The Hall–Kier alpha value is -3.56. The molecule has 0 bridgehead atoms. The molecule has 4 rings (SSSR count). The monoisotopic (exact) mass is 480 g/mol. The molecule has 9 heteroatoms. The molecule has 0 radical (unpaired) electrons. The van der Waals surface area contributed by atoms with Crippen molar-refractivity contribution < 1.29 is 13.9 Å². The van der Waals surface area contributed by atoms with Crippen molar-refractivity contribution in [3.63, 3.8) is 0 Å². The molecule has 6 nitrogen and oxygen atoms in total. The number of hydrogen-bond donors (Lipinski definition) is 2. The quantitative estimate of drug-likeness (QED) is 0.276. The molecule has 2 heterocycles. The highest BCUT2D eigenvalue weighted by molar-refractivity contribution is 7.80. The Morgan fingerprint density at radius 3 is 2.64 bits per heavy atom. The number of rotatable bonds is 7. The largest absolute Gasteiger partial charge is 0.465 e. The molecule has 0 aliphatic carbocycles. The van der Waals surface area contributed by atoms with E-state index in [1.807, 2.05) is 36.4 Å². The Morgan fingerprint density at radius 2 is 1.88 bits per heavy atom. The molecule has 33 heavy (non-hydrogen) atoms. The van der Waals surface area contributed by atoms with Crippen LogP contribution < -0.4 is 10.6 Å². The summed E-state index contributed by atoms with van der Waals surface area (Å²) in [6.07, 6.45) is 2.43. The maximum absolute atomic E-state index is 13.9. The molecule has 2 N–H and O–H groups in total. The van der Waals surface area contributed by atoms with Crippen LogP contribution in [0.5, 0.6) is 0 Å². The molecule has 0 aliphatic heterocycles. The first kappa shape index (κ1) is 22.6. The third-order valence-corrected chi connectivity index (χ3v) is 6.06. The highest BCUT2D eigenvalue weighted by atomic mass is 32.1. The lowest BCUT2D eigenvalue weighted by Crippen LogP contribution is -2.20. The topological polar surface area (TPSA) is 68.2 Å². The summed E-state index contributed by atoms with van der Waals surface area (Å²) >= 11 is 6.86. The predicted octanol–water partition coefficient (Wildman–Crippen LogP) is 5.32. The van der Waals surface area contributed by atoms with Gasteiger partial charge in [-0.15, -0.1) is 11.3 Å². The fraction of sp³-hybridized carbons (Fsp3) is 0.125. The lowest BCUT2D eigenvalue weighted by atomic mass is 10.1. The number of benzene rings is 2. The highest BCUT2D eigenvalue weighted by Crippen LogP contribution is 2.30. The Bertz CT molecular complexity index is 1270. The van der Waals surface area contributed by atoms with E-state index in [4.69, 9.17) is 17.0 Å². The van der Waals surface area contributed by atoms with E-state index >= 15 is 0 Å². The summed E-state index contributed by atoms with van der Waals surface area (Å²) < 4.78 is 20.4. The zero-order valence-electron chi connectivity index (χ0n) is 17.7. The smallest absolute Gasteiger partial charge is 0.340 e. The van der Waals surface area contributed by atoms with Gasteiger partial charge in [-0.05, 0) is 29.9 Å². The van der Waals surface area contributed by atoms with E-state index in [0.717, 1.165) is 10.4 Å². The van der Waals surface area contributed by atoms with Crippen LogP contribution in [0.3, 0.4) is 0 Å². The van der Waals surface area contributed by atoms with Gasteiger partial charge in [-0.1, -0.05) is 48.5 Å². The Kier molecular flexibility index (Phi) is 7.11. The van der Waals surface area contributed by atoms with E-state index in [1.54, 1.807) is 35.1 Å².